The van der Waals surface area contributed by atoms with Crippen LogP contribution in [0.2, 0.25) is 0 Å². The average molecular weight is 280 g/mol. The van der Waals surface area contributed by atoms with Gasteiger partial charge in [-0.1, -0.05) is 30.3 Å². The molecule has 1 aliphatic heterocycles. The van der Waals surface area contributed by atoms with Gasteiger partial charge in [0, 0.05) is 25.0 Å². The summed E-state index contributed by atoms with van der Waals surface area (Å²) in [5.74, 6) is 0.813. The van der Waals surface area contributed by atoms with Gasteiger partial charge in [-0.15, -0.1) is 0 Å². The highest BCUT2D eigenvalue weighted by Crippen LogP contribution is 2.34. The number of rotatable bonds is 4. The van der Waals surface area contributed by atoms with Crippen LogP contribution in [0.15, 0.2) is 30.3 Å². The number of hydrogen-bond acceptors (Lipinski definition) is 3. The van der Waals surface area contributed by atoms with Gasteiger partial charge >= 0.3 is 0 Å². The molecule has 0 radical (unpaired) electrons. The van der Waals surface area contributed by atoms with Crippen LogP contribution in [0.3, 0.4) is 0 Å². The van der Waals surface area contributed by atoms with Gasteiger partial charge in [0.15, 0.2) is 0 Å². The smallest absolute Gasteiger partial charge is 0.214 e. The van der Waals surface area contributed by atoms with Gasteiger partial charge in [0.1, 0.15) is 0 Å². The first kappa shape index (κ1) is 13.1. The molecular weight excluding hydrogens is 260 g/mol. The Morgan fingerprint density at radius 2 is 1.84 bits per heavy atom. The summed E-state index contributed by atoms with van der Waals surface area (Å²) in [7, 11) is -3.12. The zero-order valence-electron chi connectivity index (χ0n) is 10.9. The van der Waals surface area contributed by atoms with Gasteiger partial charge in [0.2, 0.25) is 10.0 Å². The molecule has 1 heterocycles. The monoisotopic (exact) mass is 280 g/mol. The fourth-order valence-corrected chi connectivity index (χ4v) is 4.69. The lowest BCUT2D eigenvalue weighted by molar-refractivity contribution is 0.467. The Labute approximate surface area is 114 Å². The lowest BCUT2D eigenvalue weighted by Crippen LogP contribution is -2.34. The minimum atomic E-state index is -3.12. The summed E-state index contributed by atoms with van der Waals surface area (Å²) in [6.45, 7) is 0.981. The molecule has 0 spiro atoms. The lowest BCUT2D eigenvalue weighted by atomic mass is 9.95. The molecule has 1 saturated heterocycles. The third-order valence-electron chi connectivity index (χ3n) is 4.10. The number of sulfonamides is 1. The maximum atomic E-state index is 12.3. The molecule has 2 N–H and O–H groups in total. The van der Waals surface area contributed by atoms with E-state index in [1.165, 1.54) is 0 Å². The average Bonchev–Trinajstić information content (AvgIpc) is 3.09. The van der Waals surface area contributed by atoms with Crippen molar-refractivity contribution in [3.05, 3.63) is 35.9 Å². The Hall–Kier alpha value is -0.910. The molecule has 1 saturated carbocycles. The summed E-state index contributed by atoms with van der Waals surface area (Å²) >= 11 is 0. The summed E-state index contributed by atoms with van der Waals surface area (Å²) in [5, 5.41) is 0. The second kappa shape index (κ2) is 4.89. The highest BCUT2D eigenvalue weighted by Gasteiger charge is 2.39. The summed E-state index contributed by atoms with van der Waals surface area (Å²) < 4.78 is 26.1. The highest BCUT2D eigenvalue weighted by molar-refractivity contribution is 7.89. The molecule has 2 fully saturated rings. The van der Waals surface area contributed by atoms with E-state index < -0.39 is 10.0 Å². The van der Waals surface area contributed by atoms with Crippen molar-refractivity contribution >= 4 is 10.0 Å². The van der Waals surface area contributed by atoms with E-state index in [1.54, 1.807) is 4.31 Å². The Bertz CT molecular complexity index is 540. The van der Waals surface area contributed by atoms with Gasteiger partial charge in [-0.3, -0.25) is 0 Å². The first-order valence-electron chi connectivity index (χ1n) is 6.84. The SMILES string of the molecule is N[C@@H]1CN(S(=O)(=O)CC2CC2)C[C@H]1c1ccccc1. The van der Waals surface area contributed by atoms with Crippen molar-refractivity contribution in [2.75, 3.05) is 18.8 Å². The Kier molecular flexibility index (Phi) is 3.37. The minimum Gasteiger partial charge on any atom is -0.326 e. The Morgan fingerprint density at radius 3 is 2.47 bits per heavy atom. The van der Waals surface area contributed by atoms with Gasteiger partial charge in [-0.2, -0.15) is 4.31 Å². The molecule has 2 aliphatic rings. The summed E-state index contributed by atoms with van der Waals surface area (Å²) in [4.78, 5) is 0. The summed E-state index contributed by atoms with van der Waals surface area (Å²) in [5.41, 5.74) is 7.28. The molecule has 3 rings (SSSR count). The molecule has 104 valence electrons. The quantitative estimate of drug-likeness (QED) is 0.900. The number of benzene rings is 1. The molecule has 0 aromatic heterocycles. The van der Waals surface area contributed by atoms with Crippen LogP contribution >= 0.6 is 0 Å². The van der Waals surface area contributed by atoms with Crippen molar-refractivity contribution in [1.82, 2.24) is 4.31 Å². The summed E-state index contributed by atoms with van der Waals surface area (Å²) in [6, 6.07) is 9.87. The van der Waals surface area contributed by atoms with E-state index in [2.05, 4.69) is 0 Å². The van der Waals surface area contributed by atoms with Gasteiger partial charge in [0.05, 0.1) is 5.75 Å². The summed E-state index contributed by atoms with van der Waals surface area (Å²) in [6.07, 6.45) is 2.11. The number of nitrogens with two attached hydrogens (primary N) is 1. The maximum Gasteiger partial charge on any atom is 0.214 e. The van der Waals surface area contributed by atoms with Crippen LogP contribution in [-0.2, 0) is 10.0 Å². The number of hydrogen-bond donors (Lipinski definition) is 1. The molecule has 1 aliphatic carbocycles. The first-order chi connectivity index (χ1) is 9.06. The van der Waals surface area contributed by atoms with E-state index in [0.717, 1.165) is 18.4 Å². The largest absolute Gasteiger partial charge is 0.326 e. The second-order valence-corrected chi connectivity index (χ2v) is 7.73. The van der Waals surface area contributed by atoms with Crippen LogP contribution in [0.25, 0.3) is 0 Å². The predicted octanol–water partition coefficient (Wildman–Crippen LogP) is 1.15. The molecule has 1 aromatic carbocycles. The van der Waals surface area contributed by atoms with Crippen LogP contribution < -0.4 is 5.73 Å². The molecule has 4 nitrogen and oxygen atoms in total. The molecule has 0 amide bonds. The lowest BCUT2D eigenvalue weighted by Gasteiger charge is -2.16. The van der Waals surface area contributed by atoms with E-state index in [0.29, 0.717) is 24.8 Å². The fraction of sp³-hybridized carbons (Fsp3) is 0.571. The Balaban J connectivity index is 1.74. The van der Waals surface area contributed by atoms with Crippen LogP contribution in [-0.4, -0.2) is 37.6 Å². The van der Waals surface area contributed by atoms with Crippen LogP contribution in [0.5, 0.6) is 0 Å². The molecule has 0 bridgehead atoms. The molecule has 5 heteroatoms. The molecule has 19 heavy (non-hydrogen) atoms. The maximum absolute atomic E-state index is 12.3. The van der Waals surface area contributed by atoms with E-state index in [9.17, 15) is 8.42 Å². The van der Waals surface area contributed by atoms with E-state index in [4.69, 9.17) is 5.73 Å². The van der Waals surface area contributed by atoms with Gasteiger partial charge in [0.25, 0.3) is 0 Å². The second-order valence-electron chi connectivity index (χ2n) is 5.72. The van der Waals surface area contributed by atoms with E-state index >= 15 is 0 Å². The van der Waals surface area contributed by atoms with Gasteiger partial charge in [-0.05, 0) is 24.3 Å². The van der Waals surface area contributed by atoms with Crippen molar-refractivity contribution in [2.45, 2.75) is 24.8 Å². The molecule has 0 unspecified atom stereocenters. The molecular formula is C14H20N2O2S. The van der Waals surface area contributed by atoms with Crippen molar-refractivity contribution in [2.24, 2.45) is 11.7 Å². The third-order valence-corrected chi connectivity index (χ3v) is 6.07. The normalized spacial score (nSPS) is 28.7. The topological polar surface area (TPSA) is 63.4 Å². The standard InChI is InChI=1S/C14H20N2O2S/c15-14-9-16(19(17,18)10-11-6-7-11)8-13(14)12-4-2-1-3-5-12/h1-5,11,13-14H,6-10,15H2/t13-,14+/m0/s1. The van der Waals surface area contributed by atoms with Crippen LogP contribution in [0.4, 0.5) is 0 Å². The zero-order chi connectivity index (χ0) is 13.5. The fourth-order valence-electron chi connectivity index (χ4n) is 2.76. The first-order valence-corrected chi connectivity index (χ1v) is 8.45. The molecule has 2 atom stereocenters. The van der Waals surface area contributed by atoms with E-state index in [1.807, 2.05) is 30.3 Å². The van der Waals surface area contributed by atoms with E-state index in [-0.39, 0.29) is 12.0 Å². The predicted molar refractivity (Wildman–Crippen MR) is 75.2 cm³/mol. The number of nitrogens with zero attached hydrogens (tertiary/aromatic N) is 1. The van der Waals surface area contributed by atoms with Crippen molar-refractivity contribution < 1.29 is 8.42 Å². The minimum absolute atomic E-state index is 0.101. The van der Waals surface area contributed by atoms with Crippen LogP contribution in [0.1, 0.15) is 24.3 Å². The van der Waals surface area contributed by atoms with Crippen molar-refractivity contribution in [1.29, 1.82) is 0 Å². The highest BCUT2D eigenvalue weighted by atomic mass is 32.2. The Morgan fingerprint density at radius 1 is 1.16 bits per heavy atom. The third kappa shape index (κ3) is 2.83. The van der Waals surface area contributed by atoms with Gasteiger partial charge < -0.3 is 5.73 Å². The molecule has 1 aromatic rings. The zero-order valence-corrected chi connectivity index (χ0v) is 11.7. The van der Waals surface area contributed by atoms with Crippen molar-refractivity contribution in [3.63, 3.8) is 0 Å². The van der Waals surface area contributed by atoms with Crippen LogP contribution in [0, 0.1) is 5.92 Å². The van der Waals surface area contributed by atoms with Crippen molar-refractivity contribution in [3.8, 4) is 0 Å². The van der Waals surface area contributed by atoms with Gasteiger partial charge in [-0.25, -0.2) is 8.42 Å².